The van der Waals surface area contributed by atoms with Crippen LogP contribution in [0.25, 0.3) is 5.69 Å². The topological polar surface area (TPSA) is 75.5 Å². The van der Waals surface area contributed by atoms with E-state index in [1.807, 2.05) is 48.9 Å². The quantitative estimate of drug-likeness (QED) is 0.527. The predicted octanol–water partition coefficient (Wildman–Crippen LogP) is 3.54. The van der Waals surface area contributed by atoms with Crippen LogP contribution >= 0.6 is 11.3 Å². The van der Waals surface area contributed by atoms with E-state index in [0.717, 1.165) is 40.4 Å². The highest BCUT2D eigenvalue weighted by Gasteiger charge is 2.29. The Labute approximate surface area is 193 Å². The molecule has 2 aromatic heterocycles. The van der Waals surface area contributed by atoms with Crippen molar-refractivity contribution in [3.8, 4) is 5.69 Å². The van der Waals surface area contributed by atoms with Crippen molar-refractivity contribution in [1.29, 1.82) is 0 Å². The van der Waals surface area contributed by atoms with Crippen LogP contribution in [0.2, 0.25) is 0 Å². The summed E-state index contributed by atoms with van der Waals surface area (Å²) in [4.78, 5) is 15.3. The standard InChI is InChI=1S/C23H28N4O3S2/c1-17-21(18(2)27(24-17)19-9-5-4-6-10-19)16-25(3)22(28)15-20-11-12-23(31-20)32(29,30)26-13-7-8-14-26/h4-6,9-12H,7-8,13-16H2,1-3H3. The van der Waals surface area contributed by atoms with Gasteiger partial charge in [-0.25, -0.2) is 13.1 Å². The van der Waals surface area contributed by atoms with Crippen LogP contribution in [-0.2, 0) is 27.8 Å². The lowest BCUT2D eigenvalue weighted by atomic mass is 10.1. The highest BCUT2D eigenvalue weighted by atomic mass is 32.2. The Morgan fingerprint density at radius 1 is 1.09 bits per heavy atom. The van der Waals surface area contributed by atoms with Gasteiger partial charge in [-0.1, -0.05) is 18.2 Å². The first-order valence-corrected chi connectivity index (χ1v) is 13.0. The van der Waals surface area contributed by atoms with Crippen LogP contribution in [-0.4, -0.2) is 53.4 Å². The molecule has 1 saturated heterocycles. The van der Waals surface area contributed by atoms with Gasteiger partial charge in [0.15, 0.2) is 0 Å². The van der Waals surface area contributed by atoms with Crippen molar-refractivity contribution in [1.82, 2.24) is 19.0 Å². The largest absolute Gasteiger partial charge is 0.341 e. The van der Waals surface area contributed by atoms with Gasteiger partial charge in [0.05, 0.1) is 17.8 Å². The Bertz CT molecular complexity index is 1210. The third-order valence-corrected chi connectivity index (χ3v) is 9.34. The van der Waals surface area contributed by atoms with Crippen molar-refractivity contribution in [2.75, 3.05) is 20.1 Å². The molecule has 0 spiro atoms. The van der Waals surface area contributed by atoms with Gasteiger partial charge in [0.2, 0.25) is 5.91 Å². The lowest BCUT2D eigenvalue weighted by molar-refractivity contribution is -0.129. The lowest BCUT2D eigenvalue weighted by Crippen LogP contribution is -2.28. The summed E-state index contributed by atoms with van der Waals surface area (Å²) in [6, 6.07) is 13.3. The number of amides is 1. The van der Waals surface area contributed by atoms with Gasteiger partial charge >= 0.3 is 0 Å². The number of hydrogen-bond donors (Lipinski definition) is 0. The van der Waals surface area contributed by atoms with Gasteiger partial charge in [0.1, 0.15) is 4.21 Å². The molecule has 1 amide bonds. The Morgan fingerprint density at radius 3 is 2.47 bits per heavy atom. The molecule has 0 radical (unpaired) electrons. The summed E-state index contributed by atoms with van der Waals surface area (Å²) in [5, 5.41) is 4.65. The summed E-state index contributed by atoms with van der Waals surface area (Å²) in [6.45, 7) is 5.57. The lowest BCUT2D eigenvalue weighted by Gasteiger charge is -2.17. The monoisotopic (exact) mass is 472 g/mol. The van der Waals surface area contributed by atoms with Crippen molar-refractivity contribution in [2.45, 2.75) is 43.9 Å². The van der Waals surface area contributed by atoms with Gasteiger partial charge in [-0.05, 0) is 51.0 Å². The maximum Gasteiger partial charge on any atom is 0.252 e. The zero-order chi connectivity index (χ0) is 22.9. The number of aromatic nitrogens is 2. The predicted molar refractivity (Wildman–Crippen MR) is 126 cm³/mol. The van der Waals surface area contributed by atoms with E-state index in [1.165, 1.54) is 15.6 Å². The SMILES string of the molecule is Cc1nn(-c2ccccc2)c(C)c1CN(C)C(=O)Cc1ccc(S(=O)(=O)N2CCCC2)s1. The number of hydrogen-bond acceptors (Lipinski definition) is 5. The van der Waals surface area contributed by atoms with Gasteiger partial charge in [-0.3, -0.25) is 4.79 Å². The third-order valence-electron chi connectivity index (χ3n) is 5.88. The van der Waals surface area contributed by atoms with Crippen LogP contribution < -0.4 is 0 Å². The number of sulfonamides is 1. The van der Waals surface area contributed by atoms with E-state index in [9.17, 15) is 13.2 Å². The number of likely N-dealkylation sites (N-methyl/N-ethyl adjacent to an activating group) is 1. The van der Waals surface area contributed by atoms with E-state index in [1.54, 1.807) is 24.1 Å². The van der Waals surface area contributed by atoms with Crippen LogP contribution in [0.5, 0.6) is 0 Å². The molecule has 170 valence electrons. The number of carbonyl (C=O) groups excluding carboxylic acids is 1. The highest BCUT2D eigenvalue weighted by Crippen LogP contribution is 2.28. The number of carbonyl (C=O) groups is 1. The number of nitrogens with zero attached hydrogens (tertiary/aromatic N) is 4. The fourth-order valence-corrected chi connectivity index (χ4v) is 7.00. The minimum absolute atomic E-state index is 0.0526. The first-order chi connectivity index (χ1) is 15.3. The Kier molecular flexibility index (Phi) is 6.50. The normalized spacial score (nSPS) is 14.7. The smallest absolute Gasteiger partial charge is 0.252 e. The van der Waals surface area contributed by atoms with Crippen molar-refractivity contribution >= 4 is 27.3 Å². The molecule has 0 atom stereocenters. The Hall–Kier alpha value is -2.49. The van der Waals surface area contributed by atoms with E-state index in [2.05, 4.69) is 5.10 Å². The van der Waals surface area contributed by atoms with Crippen molar-refractivity contribution < 1.29 is 13.2 Å². The van der Waals surface area contributed by atoms with Crippen LogP contribution in [0.3, 0.4) is 0 Å². The molecule has 7 nitrogen and oxygen atoms in total. The molecule has 0 bridgehead atoms. The number of thiophene rings is 1. The summed E-state index contributed by atoms with van der Waals surface area (Å²) in [7, 11) is -1.67. The Balaban J connectivity index is 1.44. The molecule has 0 aliphatic carbocycles. The van der Waals surface area contributed by atoms with Crippen molar-refractivity contribution in [3.63, 3.8) is 0 Å². The molecule has 9 heteroatoms. The zero-order valence-electron chi connectivity index (χ0n) is 18.6. The highest BCUT2D eigenvalue weighted by molar-refractivity contribution is 7.91. The third kappa shape index (κ3) is 4.51. The molecule has 0 unspecified atom stereocenters. The molecule has 0 N–H and O–H groups in total. The summed E-state index contributed by atoms with van der Waals surface area (Å²) >= 11 is 1.19. The van der Waals surface area contributed by atoms with Gasteiger partial charge in [-0.2, -0.15) is 9.40 Å². The van der Waals surface area contributed by atoms with Gasteiger partial charge in [0, 0.05) is 42.8 Å². The maximum atomic E-state index is 12.9. The summed E-state index contributed by atoms with van der Waals surface area (Å²) in [6.07, 6.45) is 1.99. The molecule has 0 saturated carbocycles. The summed E-state index contributed by atoms with van der Waals surface area (Å²) in [5.74, 6) is -0.0526. The molecule has 1 aromatic carbocycles. The van der Waals surface area contributed by atoms with Crippen LogP contribution in [0, 0.1) is 13.8 Å². The second-order valence-corrected chi connectivity index (χ2v) is 11.5. The molecular weight excluding hydrogens is 444 g/mol. The van der Waals surface area contributed by atoms with Crippen LogP contribution in [0.15, 0.2) is 46.7 Å². The molecule has 32 heavy (non-hydrogen) atoms. The van der Waals surface area contributed by atoms with E-state index in [-0.39, 0.29) is 12.3 Å². The van der Waals surface area contributed by atoms with E-state index >= 15 is 0 Å². The second-order valence-electron chi connectivity index (χ2n) is 8.16. The maximum absolute atomic E-state index is 12.9. The average Bonchev–Trinajstić information content (AvgIpc) is 3.52. The van der Waals surface area contributed by atoms with Crippen molar-refractivity contribution in [2.24, 2.45) is 0 Å². The second kappa shape index (κ2) is 9.17. The number of rotatable bonds is 7. The molecular formula is C23H28N4O3S2. The summed E-state index contributed by atoms with van der Waals surface area (Å²) < 4.78 is 29.2. The first-order valence-electron chi connectivity index (χ1n) is 10.7. The number of aryl methyl sites for hydroxylation is 1. The minimum atomic E-state index is -3.44. The zero-order valence-corrected chi connectivity index (χ0v) is 20.2. The first kappa shape index (κ1) is 22.7. The van der Waals surface area contributed by atoms with Gasteiger partial charge in [-0.15, -0.1) is 11.3 Å². The minimum Gasteiger partial charge on any atom is -0.341 e. The molecule has 3 aromatic rings. The van der Waals surface area contributed by atoms with Gasteiger partial charge in [0.25, 0.3) is 10.0 Å². The summed E-state index contributed by atoms with van der Waals surface area (Å²) in [5.41, 5.74) is 3.90. The molecule has 1 aliphatic rings. The number of benzene rings is 1. The number of para-hydroxylation sites is 1. The fourth-order valence-electron chi connectivity index (χ4n) is 3.98. The van der Waals surface area contributed by atoms with E-state index in [0.29, 0.717) is 23.8 Å². The van der Waals surface area contributed by atoms with Gasteiger partial charge < -0.3 is 4.90 Å². The Morgan fingerprint density at radius 2 is 1.78 bits per heavy atom. The van der Waals surface area contributed by atoms with E-state index in [4.69, 9.17) is 0 Å². The van der Waals surface area contributed by atoms with Crippen LogP contribution in [0.4, 0.5) is 0 Å². The van der Waals surface area contributed by atoms with E-state index < -0.39 is 10.0 Å². The van der Waals surface area contributed by atoms with Crippen molar-refractivity contribution in [3.05, 3.63) is 64.3 Å². The molecule has 4 rings (SSSR count). The molecule has 1 fully saturated rings. The molecule has 3 heterocycles. The molecule has 1 aliphatic heterocycles. The average molecular weight is 473 g/mol. The van der Waals surface area contributed by atoms with Crippen LogP contribution in [0.1, 0.15) is 34.7 Å². The fraction of sp³-hybridized carbons (Fsp3) is 0.391.